The van der Waals surface area contributed by atoms with Crippen LogP contribution < -0.4 is 14.8 Å². The Hall–Kier alpha value is -3.87. The number of nitrogens with zero attached hydrogens (tertiary/aromatic N) is 3. The number of rotatable bonds is 5. The fraction of sp³-hybridized carbons (Fsp3) is 0.174. The zero-order valence-corrected chi connectivity index (χ0v) is 17.3. The van der Waals surface area contributed by atoms with Gasteiger partial charge in [-0.2, -0.15) is 5.10 Å². The van der Waals surface area contributed by atoms with Crippen molar-refractivity contribution in [3.05, 3.63) is 66.0 Å². The first-order valence-corrected chi connectivity index (χ1v) is 9.46. The van der Waals surface area contributed by atoms with Gasteiger partial charge in [-0.15, -0.1) is 0 Å². The van der Waals surface area contributed by atoms with E-state index in [1.807, 2.05) is 49.4 Å². The standard InChI is InChI=1S/C23H22N4O3/c1-14-22(16-6-5-7-17(10-16)23(28)24-2)27-21(26-14)12-18(13-25-27)15-8-9-19(29-3)20(11-15)30-4/h5-13H,1-4H3,(H,24,28). The number of nitrogens with one attached hydrogen (secondary N) is 1. The summed E-state index contributed by atoms with van der Waals surface area (Å²) in [5.41, 5.74) is 5.75. The van der Waals surface area contributed by atoms with E-state index in [1.54, 1.807) is 38.0 Å². The van der Waals surface area contributed by atoms with Gasteiger partial charge in [0.2, 0.25) is 0 Å². The van der Waals surface area contributed by atoms with Gasteiger partial charge < -0.3 is 14.8 Å². The van der Waals surface area contributed by atoms with Crippen LogP contribution in [0.4, 0.5) is 0 Å². The molecule has 0 radical (unpaired) electrons. The quantitative estimate of drug-likeness (QED) is 0.550. The van der Waals surface area contributed by atoms with E-state index in [4.69, 9.17) is 14.5 Å². The fourth-order valence-electron chi connectivity index (χ4n) is 3.50. The molecule has 7 nitrogen and oxygen atoms in total. The molecule has 30 heavy (non-hydrogen) atoms. The summed E-state index contributed by atoms with van der Waals surface area (Å²) in [5.74, 6) is 1.19. The van der Waals surface area contributed by atoms with Crippen molar-refractivity contribution in [2.45, 2.75) is 6.92 Å². The smallest absolute Gasteiger partial charge is 0.251 e. The third-order valence-electron chi connectivity index (χ3n) is 4.99. The van der Waals surface area contributed by atoms with Gasteiger partial charge in [-0.1, -0.05) is 18.2 Å². The summed E-state index contributed by atoms with van der Waals surface area (Å²) in [6.07, 6.45) is 1.79. The SMILES string of the molecule is CNC(=O)c1cccc(-c2c(C)nc3cc(-c4ccc(OC)c(OC)c4)cnn23)c1. The van der Waals surface area contributed by atoms with Crippen LogP contribution >= 0.6 is 0 Å². The number of benzene rings is 2. The Morgan fingerprint density at radius 2 is 1.77 bits per heavy atom. The van der Waals surface area contributed by atoms with Gasteiger partial charge in [0.25, 0.3) is 5.91 Å². The lowest BCUT2D eigenvalue weighted by Gasteiger charge is -2.10. The third kappa shape index (κ3) is 3.34. The second kappa shape index (κ2) is 7.87. The van der Waals surface area contributed by atoms with Crippen molar-refractivity contribution in [2.75, 3.05) is 21.3 Å². The van der Waals surface area contributed by atoms with Crippen LogP contribution in [-0.2, 0) is 0 Å². The van der Waals surface area contributed by atoms with Gasteiger partial charge in [-0.3, -0.25) is 4.79 Å². The number of carbonyl (C=O) groups excluding carboxylic acids is 1. The van der Waals surface area contributed by atoms with Crippen LogP contribution in [0.1, 0.15) is 16.1 Å². The van der Waals surface area contributed by atoms with Crippen molar-refractivity contribution in [3.63, 3.8) is 0 Å². The summed E-state index contributed by atoms with van der Waals surface area (Å²) in [6.45, 7) is 1.94. The molecular formula is C23H22N4O3. The van der Waals surface area contributed by atoms with Crippen LogP contribution in [0.25, 0.3) is 28.0 Å². The first kappa shape index (κ1) is 19.4. The highest BCUT2D eigenvalue weighted by atomic mass is 16.5. The van der Waals surface area contributed by atoms with E-state index >= 15 is 0 Å². The highest BCUT2D eigenvalue weighted by molar-refractivity contribution is 5.95. The summed E-state index contributed by atoms with van der Waals surface area (Å²) >= 11 is 0. The van der Waals surface area contributed by atoms with Crippen molar-refractivity contribution in [2.24, 2.45) is 0 Å². The van der Waals surface area contributed by atoms with Crippen LogP contribution in [0.5, 0.6) is 11.5 Å². The van der Waals surface area contributed by atoms with E-state index < -0.39 is 0 Å². The molecule has 1 N–H and O–H groups in total. The Morgan fingerprint density at radius 1 is 0.967 bits per heavy atom. The molecule has 0 unspecified atom stereocenters. The minimum absolute atomic E-state index is 0.132. The number of amides is 1. The maximum atomic E-state index is 12.0. The van der Waals surface area contributed by atoms with Gasteiger partial charge in [0.1, 0.15) is 0 Å². The van der Waals surface area contributed by atoms with Gasteiger partial charge in [-0.05, 0) is 42.8 Å². The maximum absolute atomic E-state index is 12.0. The van der Waals surface area contributed by atoms with Crippen molar-refractivity contribution >= 4 is 11.6 Å². The maximum Gasteiger partial charge on any atom is 0.251 e. The molecule has 2 aromatic carbocycles. The second-order valence-electron chi connectivity index (χ2n) is 6.79. The molecule has 1 amide bonds. The Morgan fingerprint density at radius 3 is 2.50 bits per heavy atom. The molecule has 7 heteroatoms. The van der Waals surface area contributed by atoms with Crippen molar-refractivity contribution in [3.8, 4) is 33.9 Å². The highest BCUT2D eigenvalue weighted by Gasteiger charge is 2.15. The zero-order chi connectivity index (χ0) is 21.3. The Kier molecular flexibility index (Phi) is 5.10. The number of hydrogen-bond donors (Lipinski definition) is 1. The monoisotopic (exact) mass is 402 g/mol. The van der Waals surface area contributed by atoms with Crippen molar-refractivity contribution in [1.82, 2.24) is 19.9 Å². The third-order valence-corrected chi connectivity index (χ3v) is 4.99. The molecule has 152 valence electrons. The van der Waals surface area contributed by atoms with Crippen LogP contribution in [0.15, 0.2) is 54.7 Å². The second-order valence-corrected chi connectivity index (χ2v) is 6.79. The Bertz CT molecular complexity index is 1250. The van der Waals surface area contributed by atoms with E-state index in [9.17, 15) is 4.79 Å². The largest absolute Gasteiger partial charge is 0.493 e. The summed E-state index contributed by atoms with van der Waals surface area (Å²) in [6, 6.07) is 15.2. The highest BCUT2D eigenvalue weighted by Crippen LogP contribution is 2.33. The summed E-state index contributed by atoms with van der Waals surface area (Å²) < 4.78 is 12.5. The lowest BCUT2D eigenvalue weighted by Crippen LogP contribution is -2.17. The molecule has 4 aromatic rings. The van der Waals surface area contributed by atoms with Gasteiger partial charge in [0, 0.05) is 23.7 Å². The summed E-state index contributed by atoms with van der Waals surface area (Å²) in [5, 5.41) is 7.28. The average molecular weight is 402 g/mol. The zero-order valence-electron chi connectivity index (χ0n) is 17.3. The molecule has 4 rings (SSSR count). The first-order chi connectivity index (χ1) is 14.5. The molecule has 0 aliphatic carbocycles. The van der Waals surface area contributed by atoms with Gasteiger partial charge in [0.15, 0.2) is 17.1 Å². The van der Waals surface area contributed by atoms with E-state index in [-0.39, 0.29) is 5.91 Å². The minimum Gasteiger partial charge on any atom is -0.493 e. The molecular weight excluding hydrogens is 380 g/mol. The molecule has 0 fully saturated rings. The van der Waals surface area contributed by atoms with E-state index in [0.717, 1.165) is 33.7 Å². The summed E-state index contributed by atoms with van der Waals surface area (Å²) in [7, 11) is 4.84. The van der Waals surface area contributed by atoms with Crippen LogP contribution in [0, 0.1) is 6.92 Å². The normalized spacial score (nSPS) is 10.8. The van der Waals surface area contributed by atoms with Crippen LogP contribution in [-0.4, -0.2) is 41.8 Å². The number of methoxy groups -OCH3 is 2. The minimum atomic E-state index is -0.132. The molecule has 0 aliphatic rings. The molecule has 2 heterocycles. The summed E-state index contributed by atoms with van der Waals surface area (Å²) in [4.78, 5) is 16.7. The lowest BCUT2D eigenvalue weighted by atomic mass is 10.1. The van der Waals surface area contributed by atoms with E-state index in [1.165, 1.54) is 0 Å². The van der Waals surface area contributed by atoms with E-state index in [2.05, 4.69) is 10.4 Å². The Labute approximate surface area is 174 Å². The topological polar surface area (TPSA) is 77.8 Å². The number of ether oxygens (including phenoxy) is 2. The van der Waals surface area contributed by atoms with Crippen LogP contribution in [0.2, 0.25) is 0 Å². The van der Waals surface area contributed by atoms with Crippen LogP contribution in [0.3, 0.4) is 0 Å². The first-order valence-electron chi connectivity index (χ1n) is 9.46. The number of aromatic nitrogens is 3. The van der Waals surface area contributed by atoms with Crippen molar-refractivity contribution < 1.29 is 14.3 Å². The molecule has 0 bridgehead atoms. The molecule has 0 saturated heterocycles. The average Bonchev–Trinajstić information content (AvgIpc) is 3.12. The number of carbonyl (C=O) groups is 1. The molecule has 0 saturated carbocycles. The lowest BCUT2D eigenvalue weighted by molar-refractivity contribution is 0.0963. The molecule has 0 aliphatic heterocycles. The Balaban J connectivity index is 1.80. The fourth-order valence-corrected chi connectivity index (χ4v) is 3.50. The molecule has 0 spiro atoms. The van der Waals surface area contributed by atoms with Gasteiger partial charge >= 0.3 is 0 Å². The number of imidazole rings is 1. The van der Waals surface area contributed by atoms with Crippen molar-refractivity contribution in [1.29, 1.82) is 0 Å². The van der Waals surface area contributed by atoms with Gasteiger partial charge in [0.05, 0.1) is 31.8 Å². The predicted octanol–water partition coefficient (Wildman–Crippen LogP) is 3.75. The number of fused-ring (bicyclic) bond motifs is 1. The van der Waals surface area contributed by atoms with Gasteiger partial charge in [-0.25, -0.2) is 9.50 Å². The predicted molar refractivity (Wildman–Crippen MR) is 115 cm³/mol. The van der Waals surface area contributed by atoms with E-state index in [0.29, 0.717) is 17.1 Å². The molecule has 2 aromatic heterocycles. The molecule has 0 atom stereocenters. The number of hydrogen-bond acceptors (Lipinski definition) is 5. The number of aryl methyl sites for hydroxylation is 1.